The highest BCUT2D eigenvalue weighted by Crippen LogP contribution is 2.32. The molecular formula is C20H19F3N2O2. The smallest absolute Gasteiger partial charge is 0.416 e. The quantitative estimate of drug-likeness (QED) is 0.754. The number of nitrogens with one attached hydrogen (secondary N) is 2. The molecule has 2 aromatic carbocycles. The number of fused-ring (bicyclic) bond motifs is 1. The Kier molecular flexibility index (Phi) is 5.51. The van der Waals surface area contributed by atoms with Crippen LogP contribution in [-0.2, 0) is 25.8 Å². The van der Waals surface area contributed by atoms with Gasteiger partial charge in [-0.2, -0.15) is 13.2 Å². The fraction of sp³-hybridized carbons (Fsp3) is 0.250. The van der Waals surface area contributed by atoms with Crippen LogP contribution >= 0.6 is 0 Å². The van der Waals surface area contributed by atoms with Crippen LogP contribution in [-0.4, -0.2) is 12.5 Å². The van der Waals surface area contributed by atoms with E-state index in [0.29, 0.717) is 0 Å². The van der Waals surface area contributed by atoms with E-state index in [1.54, 1.807) is 0 Å². The van der Waals surface area contributed by atoms with E-state index in [0.717, 1.165) is 42.4 Å². The van der Waals surface area contributed by atoms with Crippen LogP contribution in [0.5, 0.6) is 5.75 Å². The molecule has 0 saturated carbocycles. The van der Waals surface area contributed by atoms with Crippen LogP contribution < -0.4 is 15.4 Å². The molecule has 0 unspecified atom stereocenters. The van der Waals surface area contributed by atoms with Crippen molar-refractivity contribution in [1.29, 1.82) is 0 Å². The molecule has 0 bridgehead atoms. The van der Waals surface area contributed by atoms with Crippen LogP contribution in [0.2, 0.25) is 0 Å². The first-order valence-electron chi connectivity index (χ1n) is 8.43. The average molecular weight is 376 g/mol. The van der Waals surface area contributed by atoms with Crippen molar-refractivity contribution in [3.05, 3.63) is 76.9 Å². The van der Waals surface area contributed by atoms with Gasteiger partial charge < -0.3 is 15.4 Å². The molecular weight excluding hydrogens is 357 g/mol. The zero-order chi connectivity index (χ0) is 19.4. The highest BCUT2D eigenvalue weighted by Gasteiger charge is 2.32. The number of carbonyl (C=O) groups is 1. The van der Waals surface area contributed by atoms with Gasteiger partial charge >= 0.3 is 6.18 Å². The average Bonchev–Trinajstić information content (AvgIpc) is 3.11. The molecule has 0 aliphatic carbocycles. The number of hydrogen-bond acceptors (Lipinski definition) is 3. The van der Waals surface area contributed by atoms with Crippen LogP contribution in [0.1, 0.15) is 32.6 Å². The van der Waals surface area contributed by atoms with Crippen LogP contribution in [0.15, 0.2) is 49.1 Å². The normalized spacial score (nSPS) is 13.1. The first-order chi connectivity index (χ1) is 12.9. The Hall–Kier alpha value is -2.80. The number of carbonyl (C=O) groups excluding carboxylic acids is 1. The molecule has 2 aromatic rings. The van der Waals surface area contributed by atoms with Gasteiger partial charge in [0.25, 0.3) is 5.91 Å². The second kappa shape index (κ2) is 7.84. The molecule has 0 aromatic heterocycles. The molecule has 1 aliphatic rings. The van der Waals surface area contributed by atoms with Gasteiger partial charge in [0.15, 0.2) is 0 Å². The molecule has 0 fully saturated rings. The first kappa shape index (κ1) is 19.0. The number of halogens is 3. The molecule has 0 saturated heterocycles. The van der Waals surface area contributed by atoms with Crippen LogP contribution in [0, 0.1) is 0 Å². The number of amides is 1. The predicted molar refractivity (Wildman–Crippen MR) is 95.3 cm³/mol. The van der Waals surface area contributed by atoms with E-state index in [1.807, 2.05) is 18.2 Å². The van der Waals surface area contributed by atoms with E-state index in [4.69, 9.17) is 4.74 Å². The number of hydrogen-bond donors (Lipinski definition) is 2. The van der Waals surface area contributed by atoms with Crippen LogP contribution in [0.3, 0.4) is 0 Å². The third-order valence-corrected chi connectivity index (χ3v) is 4.26. The van der Waals surface area contributed by atoms with Gasteiger partial charge in [-0.3, -0.25) is 4.79 Å². The Morgan fingerprint density at radius 1 is 1.19 bits per heavy atom. The maximum Gasteiger partial charge on any atom is 0.416 e. The summed E-state index contributed by atoms with van der Waals surface area (Å²) in [5.41, 5.74) is 2.20. The second-order valence-corrected chi connectivity index (χ2v) is 6.20. The van der Waals surface area contributed by atoms with Crippen molar-refractivity contribution in [2.45, 2.75) is 25.8 Å². The third-order valence-electron chi connectivity index (χ3n) is 4.26. The molecule has 7 heteroatoms. The van der Waals surface area contributed by atoms with Crippen molar-refractivity contribution in [1.82, 2.24) is 10.6 Å². The Morgan fingerprint density at radius 2 is 1.96 bits per heavy atom. The summed E-state index contributed by atoms with van der Waals surface area (Å²) < 4.78 is 44.3. The van der Waals surface area contributed by atoms with Crippen molar-refractivity contribution >= 4 is 5.91 Å². The summed E-state index contributed by atoms with van der Waals surface area (Å²) in [5, 5.41) is 5.90. The minimum atomic E-state index is -4.54. The Morgan fingerprint density at radius 3 is 2.70 bits per heavy atom. The van der Waals surface area contributed by atoms with Gasteiger partial charge in [0.05, 0.1) is 11.1 Å². The number of benzene rings is 2. The summed E-state index contributed by atoms with van der Waals surface area (Å²) in [7, 11) is 0. The van der Waals surface area contributed by atoms with E-state index < -0.39 is 17.6 Å². The van der Waals surface area contributed by atoms with E-state index >= 15 is 0 Å². The molecule has 0 radical (unpaired) electrons. The zero-order valence-electron chi connectivity index (χ0n) is 14.5. The van der Waals surface area contributed by atoms with Crippen molar-refractivity contribution in [3.8, 4) is 5.75 Å². The summed E-state index contributed by atoms with van der Waals surface area (Å²) in [6, 6.07) is 8.72. The standard InChI is InChI=1S/C20H19F3N2O2/c1-2-7-27-18-6-5-16(20(21,22)23)9-17(18)19(26)25-10-13-3-4-14-11-24-12-15(14)8-13/h2-6,8-9,24H,1,7,10-12H2,(H,25,26). The summed E-state index contributed by atoms with van der Waals surface area (Å²) in [6.45, 7) is 5.38. The number of ether oxygens (including phenoxy) is 1. The lowest BCUT2D eigenvalue weighted by Gasteiger charge is -2.14. The third kappa shape index (κ3) is 4.49. The SMILES string of the molecule is C=CCOc1ccc(C(F)(F)F)cc1C(=O)NCc1ccc2c(c1)CNC2. The molecule has 1 aliphatic heterocycles. The highest BCUT2D eigenvalue weighted by atomic mass is 19.4. The van der Waals surface area contributed by atoms with Gasteiger partial charge in [-0.1, -0.05) is 30.9 Å². The maximum absolute atomic E-state index is 13.0. The van der Waals surface area contributed by atoms with Gasteiger partial charge in [-0.05, 0) is 34.9 Å². The highest BCUT2D eigenvalue weighted by molar-refractivity contribution is 5.97. The van der Waals surface area contributed by atoms with Gasteiger partial charge in [-0.25, -0.2) is 0 Å². The Bertz CT molecular complexity index is 863. The largest absolute Gasteiger partial charge is 0.489 e. The monoisotopic (exact) mass is 376 g/mol. The zero-order valence-corrected chi connectivity index (χ0v) is 14.5. The van der Waals surface area contributed by atoms with Crippen molar-refractivity contribution < 1.29 is 22.7 Å². The van der Waals surface area contributed by atoms with E-state index in [1.165, 1.54) is 11.6 Å². The molecule has 1 amide bonds. The minimum Gasteiger partial charge on any atom is -0.489 e. The van der Waals surface area contributed by atoms with Gasteiger partial charge in [0.2, 0.25) is 0 Å². The van der Waals surface area contributed by atoms with E-state index in [2.05, 4.69) is 17.2 Å². The van der Waals surface area contributed by atoms with Gasteiger partial charge in [0.1, 0.15) is 12.4 Å². The lowest BCUT2D eigenvalue weighted by Crippen LogP contribution is -2.24. The molecule has 0 atom stereocenters. The molecule has 27 heavy (non-hydrogen) atoms. The van der Waals surface area contributed by atoms with Crippen LogP contribution in [0.25, 0.3) is 0 Å². The minimum absolute atomic E-state index is 0.0820. The van der Waals surface area contributed by atoms with Crippen molar-refractivity contribution in [2.75, 3.05) is 6.61 Å². The van der Waals surface area contributed by atoms with Gasteiger partial charge in [0, 0.05) is 19.6 Å². The van der Waals surface area contributed by atoms with Crippen molar-refractivity contribution in [2.24, 2.45) is 0 Å². The van der Waals surface area contributed by atoms with E-state index in [-0.39, 0.29) is 24.5 Å². The molecule has 142 valence electrons. The summed E-state index contributed by atoms with van der Waals surface area (Å²) in [5.74, 6) is -0.544. The van der Waals surface area contributed by atoms with Crippen LogP contribution in [0.4, 0.5) is 13.2 Å². The maximum atomic E-state index is 13.0. The predicted octanol–water partition coefficient (Wildman–Crippen LogP) is 3.80. The molecule has 0 spiro atoms. The number of alkyl halides is 3. The first-order valence-corrected chi connectivity index (χ1v) is 8.43. The van der Waals surface area contributed by atoms with Gasteiger partial charge in [-0.15, -0.1) is 0 Å². The second-order valence-electron chi connectivity index (χ2n) is 6.20. The lowest BCUT2D eigenvalue weighted by molar-refractivity contribution is -0.137. The number of rotatable bonds is 6. The Balaban J connectivity index is 1.78. The lowest BCUT2D eigenvalue weighted by atomic mass is 10.1. The fourth-order valence-corrected chi connectivity index (χ4v) is 2.89. The molecule has 1 heterocycles. The molecule has 2 N–H and O–H groups in total. The fourth-order valence-electron chi connectivity index (χ4n) is 2.89. The van der Waals surface area contributed by atoms with Crippen molar-refractivity contribution in [3.63, 3.8) is 0 Å². The van der Waals surface area contributed by atoms with E-state index in [9.17, 15) is 18.0 Å². The topological polar surface area (TPSA) is 50.4 Å². The summed E-state index contributed by atoms with van der Waals surface area (Å²) in [6.07, 6.45) is -3.09. The summed E-state index contributed by atoms with van der Waals surface area (Å²) >= 11 is 0. The Labute approximate surface area is 155 Å². The molecule has 3 rings (SSSR count). The summed E-state index contributed by atoms with van der Waals surface area (Å²) in [4.78, 5) is 12.5. The molecule has 4 nitrogen and oxygen atoms in total.